The van der Waals surface area contributed by atoms with Gasteiger partial charge in [0.25, 0.3) is 0 Å². The van der Waals surface area contributed by atoms with Gasteiger partial charge in [0.2, 0.25) is 0 Å². The van der Waals surface area contributed by atoms with Crippen LogP contribution in [0.4, 0.5) is 0 Å². The van der Waals surface area contributed by atoms with Crippen LogP contribution in [0.25, 0.3) is 0 Å². The Morgan fingerprint density at radius 3 is 2.52 bits per heavy atom. The van der Waals surface area contributed by atoms with Crippen molar-refractivity contribution in [3.05, 3.63) is 59.7 Å². The fraction of sp³-hybridized carbons (Fsp3) is 0.455. The zero-order chi connectivity index (χ0) is 17.6. The van der Waals surface area contributed by atoms with Crippen LogP contribution in [0.5, 0.6) is 11.5 Å². The highest BCUT2D eigenvalue weighted by atomic mass is 16.5. The van der Waals surface area contributed by atoms with Crippen LogP contribution in [-0.2, 0) is 6.61 Å². The number of hydrogen-bond acceptors (Lipinski definition) is 3. The highest BCUT2D eigenvalue weighted by Crippen LogP contribution is 2.46. The number of hydrogen-bond donors (Lipinski definition) is 1. The Hall–Kier alpha value is -2.00. The van der Waals surface area contributed by atoms with Crippen molar-refractivity contribution < 1.29 is 9.47 Å². The molecule has 3 rings (SSSR count). The number of methoxy groups -OCH3 is 1. The van der Waals surface area contributed by atoms with E-state index >= 15 is 0 Å². The second-order valence-corrected chi connectivity index (χ2v) is 6.76. The molecule has 0 aromatic heterocycles. The summed E-state index contributed by atoms with van der Waals surface area (Å²) >= 11 is 0. The van der Waals surface area contributed by atoms with Crippen LogP contribution in [0.3, 0.4) is 0 Å². The fourth-order valence-corrected chi connectivity index (χ4v) is 3.93. The van der Waals surface area contributed by atoms with E-state index in [2.05, 4.69) is 49.5 Å². The Morgan fingerprint density at radius 1 is 1.04 bits per heavy atom. The standard InChI is InChI=1S/C22H29NO2/c1-4-18-19(14-20(18)23-5-2)17-11-12-21(22(13-17)24-3)25-15-16-9-7-6-8-10-16/h6-13,18-20,23H,4-5,14-15H2,1-3H3. The molecule has 25 heavy (non-hydrogen) atoms. The molecular weight excluding hydrogens is 310 g/mol. The first-order valence-electron chi connectivity index (χ1n) is 9.34. The van der Waals surface area contributed by atoms with Gasteiger partial charge in [0.05, 0.1) is 7.11 Å². The van der Waals surface area contributed by atoms with E-state index < -0.39 is 0 Å². The average Bonchev–Trinajstić information content (AvgIpc) is 2.64. The molecule has 0 heterocycles. The molecule has 3 unspecified atom stereocenters. The van der Waals surface area contributed by atoms with Crippen molar-refractivity contribution in [1.82, 2.24) is 5.32 Å². The van der Waals surface area contributed by atoms with E-state index in [1.54, 1.807) is 7.11 Å². The van der Waals surface area contributed by atoms with Gasteiger partial charge < -0.3 is 14.8 Å². The third-order valence-electron chi connectivity index (χ3n) is 5.33. The lowest BCUT2D eigenvalue weighted by Crippen LogP contribution is -2.48. The van der Waals surface area contributed by atoms with Gasteiger partial charge in [-0.05, 0) is 48.1 Å². The minimum atomic E-state index is 0.556. The highest BCUT2D eigenvalue weighted by molar-refractivity contribution is 5.45. The van der Waals surface area contributed by atoms with Gasteiger partial charge in [-0.3, -0.25) is 0 Å². The van der Waals surface area contributed by atoms with E-state index in [4.69, 9.17) is 9.47 Å². The molecule has 0 aliphatic heterocycles. The van der Waals surface area contributed by atoms with Gasteiger partial charge in [-0.15, -0.1) is 0 Å². The Morgan fingerprint density at radius 2 is 1.84 bits per heavy atom. The molecule has 2 aromatic carbocycles. The van der Waals surface area contributed by atoms with Crippen LogP contribution in [-0.4, -0.2) is 19.7 Å². The highest BCUT2D eigenvalue weighted by Gasteiger charge is 2.40. The molecule has 0 bridgehead atoms. The van der Waals surface area contributed by atoms with E-state index in [1.165, 1.54) is 18.4 Å². The largest absolute Gasteiger partial charge is 0.493 e. The Labute approximate surface area is 151 Å². The first kappa shape index (κ1) is 17.8. The van der Waals surface area contributed by atoms with Crippen LogP contribution in [0.15, 0.2) is 48.5 Å². The van der Waals surface area contributed by atoms with Crippen molar-refractivity contribution in [2.45, 2.75) is 45.3 Å². The lowest BCUT2D eigenvalue weighted by Gasteiger charge is -2.45. The minimum absolute atomic E-state index is 0.556. The lowest BCUT2D eigenvalue weighted by atomic mass is 9.65. The second kappa shape index (κ2) is 8.39. The van der Waals surface area contributed by atoms with Crippen molar-refractivity contribution in [3.8, 4) is 11.5 Å². The summed E-state index contributed by atoms with van der Waals surface area (Å²) in [5, 5.41) is 3.61. The topological polar surface area (TPSA) is 30.5 Å². The molecule has 0 saturated heterocycles. The summed E-state index contributed by atoms with van der Waals surface area (Å²) in [6, 6.07) is 17.3. The molecular formula is C22H29NO2. The molecule has 1 aliphatic carbocycles. The van der Waals surface area contributed by atoms with E-state index in [0.29, 0.717) is 24.5 Å². The first-order chi connectivity index (χ1) is 12.3. The fourth-order valence-electron chi connectivity index (χ4n) is 3.93. The third kappa shape index (κ3) is 3.98. The van der Waals surface area contributed by atoms with E-state index in [1.807, 2.05) is 18.2 Å². The molecule has 3 atom stereocenters. The van der Waals surface area contributed by atoms with Gasteiger partial charge in [0, 0.05) is 6.04 Å². The average molecular weight is 339 g/mol. The van der Waals surface area contributed by atoms with Crippen molar-refractivity contribution in [2.24, 2.45) is 5.92 Å². The van der Waals surface area contributed by atoms with E-state index in [9.17, 15) is 0 Å². The van der Waals surface area contributed by atoms with Crippen molar-refractivity contribution in [2.75, 3.05) is 13.7 Å². The molecule has 1 aliphatic rings. The van der Waals surface area contributed by atoms with Gasteiger partial charge in [-0.1, -0.05) is 56.7 Å². The first-order valence-corrected chi connectivity index (χ1v) is 9.34. The molecule has 1 N–H and O–H groups in total. The smallest absolute Gasteiger partial charge is 0.161 e. The molecule has 0 amide bonds. The molecule has 0 radical (unpaired) electrons. The number of ether oxygens (including phenoxy) is 2. The van der Waals surface area contributed by atoms with Gasteiger partial charge in [0.1, 0.15) is 6.61 Å². The zero-order valence-electron chi connectivity index (χ0n) is 15.5. The predicted octanol–water partition coefficient (Wildman–Crippen LogP) is 4.77. The molecule has 3 nitrogen and oxygen atoms in total. The zero-order valence-corrected chi connectivity index (χ0v) is 15.5. The number of benzene rings is 2. The van der Waals surface area contributed by atoms with Gasteiger partial charge >= 0.3 is 0 Å². The summed E-state index contributed by atoms with van der Waals surface area (Å²) in [6.07, 6.45) is 2.41. The van der Waals surface area contributed by atoms with E-state index in [0.717, 1.165) is 23.6 Å². The molecule has 1 fully saturated rings. The lowest BCUT2D eigenvalue weighted by molar-refractivity contribution is 0.162. The molecule has 134 valence electrons. The summed E-state index contributed by atoms with van der Waals surface area (Å²) in [5.74, 6) is 2.97. The maximum Gasteiger partial charge on any atom is 0.161 e. The predicted molar refractivity (Wildman–Crippen MR) is 102 cm³/mol. The van der Waals surface area contributed by atoms with Crippen LogP contribution in [0, 0.1) is 5.92 Å². The Bertz CT molecular complexity index is 671. The third-order valence-corrected chi connectivity index (χ3v) is 5.33. The molecule has 1 saturated carbocycles. The summed E-state index contributed by atoms with van der Waals surface area (Å²) < 4.78 is 11.6. The van der Waals surface area contributed by atoms with Gasteiger partial charge in [-0.2, -0.15) is 0 Å². The maximum absolute atomic E-state index is 5.98. The Balaban J connectivity index is 1.69. The maximum atomic E-state index is 5.98. The summed E-state index contributed by atoms with van der Waals surface area (Å²) in [5.41, 5.74) is 2.53. The normalized spacial score (nSPS) is 22.3. The molecule has 3 heteroatoms. The number of rotatable bonds is 8. The monoisotopic (exact) mass is 339 g/mol. The van der Waals surface area contributed by atoms with Crippen molar-refractivity contribution in [1.29, 1.82) is 0 Å². The summed E-state index contributed by atoms with van der Waals surface area (Å²) in [4.78, 5) is 0. The quantitative estimate of drug-likeness (QED) is 0.752. The van der Waals surface area contributed by atoms with Crippen LogP contribution in [0.2, 0.25) is 0 Å². The molecule has 0 spiro atoms. The number of nitrogens with one attached hydrogen (secondary N) is 1. The minimum Gasteiger partial charge on any atom is -0.493 e. The SMILES string of the molecule is CCNC1CC(c2ccc(OCc3ccccc3)c(OC)c2)C1CC. The van der Waals surface area contributed by atoms with E-state index in [-0.39, 0.29) is 0 Å². The Kier molecular flexibility index (Phi) is 5.98. The van der Waals surface area contributed by atoms with Crippen molar-refractivity contribution in [3.63, 3.8) is 0 Å². The van der Waals surface area contributed by atoms with Crippen molar-refractivity contribution >= 4 is 0 Å². The van der Waals surface area contributed by atoms with Crippen LogP contribution in [0.1, 0.15) is 43.7 Å². The summed E-state index contributed by atoms with van der Waals surface area (Å²) in [6.45, 7) is 6.07. The molecule has 2 aromatic rings. The van der Waals surface area contributed by atoms with Crippen LogP contribution < -0.4 is 14.8 Å². The second-order valence-electron chi connectivity index (χ2n) is 6.76. The summed E-state index contributed by atoms with van der Waals surface area (Å²) in [7, 11) is 1.72. The van der Waals surface area contributed by atoms with Crippen LogP contribution >= 0.6 is 0 Å². The van der Waals surface area contributed by atoms with Gasteiger partial charge in [0.15, 0.2) is 11.5 Å². The van der Waals surface area contributed by atoms with Gasteiger partial charge in [-0.25, -0.2) is 0 Å².